The first-order valence-electron chi connectivity index (χ1n) is 9.90. The van der Waals surface area contributed by atoms with Crippen molar-refractivity contribution in [3.63, 3.8) is 0 Å². The minimum atomic E-state index is -4.30. The third-order valence-electron chi connectivity index (χ3n) is 5.00. The van der Waals surface area contributed by atoms with Crippen molar-refractivity contribution in [3.8, 4) is 0 Å². The lowest BCUT2D eigenvalue weighted by molar-refractivity contribution is -0.385. The van der Waals surface area contributed by atoms with Gasteiger partial charge in [0.15, 0.2) is 0 Å². The highest BCUT2D eigenvalue weighted by Gasteiger charge is 2.32. The van der Waals surface area contributed by atoms with Crippen molar-refractivity contribution < 1.29 is 31.3 Å². The highest BCUT2D eigenvalue weighted by atomic mass is 32.2. The summed E-state index contributed by atoms with van der Waals surface area (Å²) in [5.74, 6) is -0.364. The molecule has 2 aromatic rings. The van der Waals surface area contributed by atoms with Gasteiger partial charge in [0.25, 0.3) is 21.6 Å². The molecule has 0 bridgehead atoms. The molecule has 1 saturated heterocycles. The van der Waals surface area contributed by atoms with Gasteiger partial charge in [0, 0.05) is 49.6 Å². The number of rotatable bonds is 6. The van der Waals surface area contributed by atoms with Gasteiger partial charge in [-0.2, -0.15) is 13.2 Å². The number of amides is 1. The van der Waals surface area contributed by atoms with Gasteiger partial charge in [0.05, 0.1) is 16.4 Å². The zero-order valence-electron chi connectivity index (χ0n) is 17.3. The normalized spacial score (nSPS) is 15.7. The van der Waals surface area contributed by atoms with Gasteiger partial charge in [-0.25, -0.2) is 8.42 Å². The maximum atomic E-state index is 12.7. The number of nitrogens with zero attached hydrogens (tertiary/aromatic N) is 3. The largest absolute Gasteiger partial charge is 0.401 e. The number of nitro benzene ring substituents is 1. The molecule has 3 rings (SSSR count). The van der Waals surface area contributed by atoms with Crippen LogP contribution in [-0.4, -0.2) is 67.9 Å². The second-order valence-electron chi connectivity index (χ2n) is 7.47. The number of hydrogen-bond donors (Lipinski definition) is 1. The van der Waals surface area contributed by atoms with E-state index in [0.717, 1.165) is 6.07 Å². The minimum Gasteiger partial charge on any atom is -0.337 e. The molecule has 0 unspecified atom stereocenters. The fourth-order valence-electron chi connectivity index (χ4n) is 3.43. The van der Waals surface area contributed by atoms with Gasteiger partial charge in [0.1, 0.15) is 0 Å². The summed E-state index contributed by atoms with van der Waals surface area (Å²) in [6, 6.07) is 10.1. The van der Waals surface area contributed by atoms with Crippen molar-refractivity contribution in [3.05, 3.63) is 64.2 Å². The molecule has 0 aliphatic carbocycles. The van der Waals surface area contributed by atoms with Gasteiger partial charge >= 0.3 is 6.18 Å². The number of carbonyl (C=O) groups is 1. The third-order valence-corrected chi connectivity index (χ3v) is 6.38. The number of carbonyl (C=O) groups excluding carboxylic acids is 1. The highest BCUT2D eigenvalue weighted by Crippen LogP contribution is 2.22. The molecule has 1 amide bonds. The molecule has 0 atom stereocenters. The Morgan fingerprint density at radius 2 is 1.76 bits per heavy atom. The van der Waals surface area contributed by atoms with Crippen molar-refractivity contribution >= 4 is 27.3 Å². The molecule has 0 radical (unpaired) electrons. The van der Waals surface area contributed by atoms with Gasteiger partial charge in [-0.3, -0.25) is 24.5 Å². The summed E-state index contributed by atoms with van der Waals surface area (Å²) >= 11 is 0. The Labute approximate surface area is 188 Å². The molecule has 2 aromatic carbocycles. The number of hydrogen-bond acceptors (Lipinski definition) is 6. The van der Waals surface area contributed by atoms with Crippen LogP contribution in [0.15, 0.2) is 53.4 Å². The molecule has 1 N–H and O–H groups in total. The molecule has 1 aliphatic rings. The van der Waals surface area contributed by atoms with Crippen molar-refractivity contribution in [1.82, 2.24) is 9.80 Å². The number of benzene rings is 2. The maximum absolute atomic E-state index is 12.7. The van der Waals surface area contributed by atoms with Crippen LogP contribution in [0.2, 0.25) is 0 Å². The first-order chi connectivity index (χ1) is 15.4. The van der Waals surface area contributed by atoms with Crippen LogP contribution >= 0.6 is 0 Å². The predicted octanol–water partition coefficient (Wildman–Crippen LogP) is 3.11. The highest BCUT2D eigenvalue weighted by molar-refractivity contribution is 7.92. The molecule has 9 nitrogen and oxygen atoms in total. The molecule has 33 heavy (non-hydrogen) atoms. The molecule has 178 valence electrons. The lowest BCUT2D eigenvalue weighted by Crippen LogP contribution is -2.38. The van der Waals surface area contributed by atoms with E-state index in [2.05, 4.69) is 4.72 Å². The molecular formula is C20H21F3N4O5S. The van der Waals surface area contributed by atoms with Crippen molar-refractivity contribution in [1.29, 1.82) is 0 Å². The number of halogens is 3. The minimum absolute atomic E-state index is 0.104. The predicted molar refractivity (Wildman–Crippen MR) is 113 cm³/mol. The van der Waals surface area contributed by atoms with Crippen LogP contribution in [0.25, 0.3) is 0 Å². The number of non-ortho nitro benzene ring substituents is 1. The standard InChI is InChI=1S/C20H21F3N4O5S/c21-20(22,23)14-25-9-2-10-26(12-11-25)19(28)15-5-7-16(8-6-15)24-33(31,32)18-4-1-3-17(13-18)27(29)30/h1,3-8,13,24H,2,9-12,14H2. The van der Waals surface area contributed by atoms with Crippen LogP contribution in [0.1, 0.15) is 16.8 Å². The Balaban J connectivity index is 1.65. The summed E-state index contributed by atoms with van der Waals surface area (Å²) in [5.41, 5.74) is 0.0351. The number of nitro groups is 1. The van der Waals surface area contributed by atoms with Gasteiger partial charge in [-0.15, -0.1) is 0 Å². The number of sulfonamides is 1. The maximum Gasteiger partial charge on any atom is 0.401 e. The second-order valence-corrected chi connectivity index (χ2v) is 9.16. The fraction of sp³-hybridized carbons (Fsp3) is 0.350. The lowest BCUT2D eigenvalue weighted by atomic mass is 10.2. The summed E-state index contributed by atoms with van der Waals surface area (Å²) in [6.45, 7) is -0.215. The van der Waals surface area contributed by atoms with E-state index in [4.69, 9.17) is 0 Å². The number of alkyl halides is 3. The van der Waals surface area contributed by atoms with Crippen LogP contribution in [0, 0.1) is 10.1 Å². The van der Waals surface area contributed by atoms with E-state index in [0.29, 0.717) is 13.0 Å². The summed E-state index contributed by atoms with van der Waals surface area (Å²) in [7, 11) is -4.10. The topological polar surface area (TPSA) is 113 Å². The summed E-state index contributed by atoms with van der Waals surface area (Å²) < 4.78 is 65.2. The van der Waals surface area contributed by atoms with Gasteiger partial charge in [-0.1, -0.05) is 6.07 Å². The monoisotopic (exact) mass is 486 g/mol. The van der Waals surface area contributed by atoms with Crippen LogP contribution in [0.5, 0.6) is 0 Å². The second kappa shape index (κ2) is 9.75. The van der Waals surface area contributed by atoms with E-state index < -0.39 is 27.7 Å². The average Bonchev–Trinajstić information content (AvgIpc) is 2.98. The average molecular weight is 486 g/mol. The first kappa shape index (κ1) is 24.5. The molecule has 1 heterocycles. The lowest BCUT2D eigenvalue weighted by Gasteiger charge is -2.23. The van der Waals surface area contributed by atoms with E-state index in [-0.39, 0.29) is 47.4 Å². The Hall–Kier alpha value is -3.19. The molecule has 13 heteroatoms. The van der Waals surface area contributed by atoms with Crippen LogP contribution in [0.4, 0.5) is 24.5 Å². The number of anilines is 1. The summed E-state index contributed by atoms with van der Waals surface area (Å²) in [5, 5.41) is 10.9. The van der Waals surface area contributed by atoms with Gasteiger partial charge < -0.3 is 4.90 Å². The molecule has 1 aliphatic heterocycles. The van der Waals surface area contributed by atoms with E-state index in [1.54, 1.807) is 0 Å². The molecule has 0 saturated carbocycles. The smallest absolute Gasteiger partial charge is 0.337 e. The summed E-state index contributed by atoms with van der Waals surface area (Å²) in [6.07, 6.45) is -3.89. The van der Waals surface area contributed by atoms with E-state index in [9.17, 15) is 36.5 Å². The number of nitrogens with one attached hydrogen (secondary N) is 1. The Morgan fingerprint density at radius 3 is 2.39 bits per heavy atom. The van der Waals surface area contributed by atoms with Gasteiger partial charge in [-0.05, 0) is 36.8 Å². The molecule has 0 spiro atoms. The zero-order valence-corrected chi connectivity index (χ0v) is 18.1. The summed E-state index contributed by atoms with van der Waals surface area (Å²) in [4.78, 5) is 25.4. The molecule has 0 aromatic heterocycles. The quantitative estimate of drug-likeness (QED) is 0.496. The SMILES string of the molecule is O=C(c1ccc(NS(=O)(=O)c2cccc([N+](=O)[O-])c2)cc1)N1CCCN(CC(F)(F)F)CC1. The Kier molecular flexibility index (Phi) is 7.22. The van der Waals surface area contributed by atoms with Gasteiger partial charge in [0.2, 0.25) is 0 Å². The Morgan fingerprint density at radius 1 is 1.06 bits per heavy atom. The molecule has 1 fully saturated rings. The van der Waals surface area contributed by atoms with Crippen LogP contribution in [0.3, 0.4) is 0 Å². The van der Waals surface area contributed by atoms with Crippen molar-refractivity contribution in [2.75, 3.05) is 37.4 Å². The van der Waals surface area contributed by atoms with E-state index in [1.165, 1.54) is 52.3 Å². The van der Waals surface area contributed by atoms with E-state index >= 15 is 0 Å². The van der Waals surface area contributed by atoms with Crippen LogP contribution < -0.4 is 4.72 Å². The van der Waals surface area contributed by atoms with Crippen LogP contribution in [-0.2, 0) is 10.0 Å². The third kappa shape index (κ3) is 6.65. The van der Waals surface area contributed by atoms with Crippen molar-refractivity contribution in [2.45, 2.75) is 17.5 Å². The molecular weight excluding hydrogens is 465 g/mol. The fourth-order valence-corrected chi connectivity index (χ4v) is 4.53. The Bertz CT molecular complexity index is 1120. The van der Waals surface area contributed by atoms with Crippen molar-refractivity contribution in [2.24, 2.45) is 0 Å². The first-order valence-corrected chi connectivity index (χ1v) is 11.4. The van der Waals surface area contributed by atoms with E-state index in [1.807, 2.05) is 0 Å². The zero-order chi connectivity index (χ0) is 24.2.